The Morgan fingerprint density at radius 1 is 1.25 bits per heavy atom. The molecule has 4 heteroatoms. The molecule has 0 heterocycles. The molecule has 154 valence electrons. The van der Waals surface area contributed by atoms with Crippen LogP contribution in [0.4, 0.5) is 4.39 Å². The normalized spacial score (nSPS) is 36.7. The van der Waals surface area contributed by atoms with Crippen molar-refractivity contribution in [3.63, 3.8) is 0 Å². The molecule has 2 saturated carbocycles. The van der Waals surface area contributed by atoms with E-state index in [0.29, 0.717) is 30.6 Å². The Morgan fingerprint density at radius 3 is 2.82 bits per heavy atom. The number of hydrogen-bond donors (Lipinski definition) is 1. The van der Waals surface area contributed by atoms with Gasteiger partial charge in [-0.1, -0.05) is 32.3 Å². The van der Waals surface area contributed by atoms with Gasteiger partial charge in [-0.2, -0.15) is 0 Å². The lowest BCUT2D eigenvalue weighted by atomic mass is 9.51. The summed E-state index contributed by atoms with van der Waals surface area (Å²) in [6, 6.07) is 5.47. The van der Waals surface area contributed by atoms with Crippen LogP contribution in [0.25, 0.3) is 0 Å². The maximum absolute atomic E-state index is 15.6. The van der Waals surface area contributed by atoms with E-state index in [1.165, 1.54) is 0 Å². The number of fused-ring (bicyclic) bond motifs is 5. The summed E-state index contributed by atoms with van der Waals surface area (Å²) in [6.07, 6.45) is 7.38. The van der Waals surface area contributed by atoms with Crippen molar-refractivity contribution in [3.8, 4) is 5.75 Å². The summed E-state index contributed by atoms with van der Waals surface area (Å²) in [7, 11) is 0. The Morgan fingerprint density at radius 2 is 2.04 bits per heavy atom. The topological polar surface area (TPSA) is 37.3 Å². The molecule has 0 aliphatic heterocycles. The largest absolute Gasteiger partial charge is 0.508 e. The molecule has 4 rings (SSSR count). The second kappa shape index (κ2) is 7.97. The van der Waals surface area contributed by atoms with Crippen molar-refractivity contribution in [2.45, 2.75) is 76.8 Å². The standard InChI is InChI=1S/C24H32ClFO2/c1-24-14-20(26)23-18-8-7-17(27)13-16(18)12-15(6-4-2-3-5-11-25)22(23)19(24)9-10-21(24)28/h7-8,13,15,19-20,22-23,27H,2-6,9-12,14H2,1H3/t15-,19+,20?,22+,23+,24+/m1/s1. The van der Waals surface area contributed by atoms with Gasteiger partial charge in [0.1, 0.15) is 17.7 Å². The molecule has 6 atom stereocenters. The Bertz CT molecular complexity index is 735. The average Bonchev–Trinajstić information content (AvgIpc) is 2.95. The van der Waals surface area contributed by atoms with Gasteiger partial charge >= 0.3 is 0 Å². The molecular weight excluding hydrogens is 375 g/mol. The minimum atomic E-state index is -0.976. The number of phenols is 1. The lowest BCUT2D eigenvalue weighted by molar-refractivity contribution is -0.132. The van der Waals surface area contributed by atoms with Gasteiger partial charge in [0.25, 0.3) is 0 Å². The Hall–Kier alpha value is -1.09. The number of aromatic hydroxyl groups is 1. The molecule has 1 aromatic rings. The van der Waals surface area contributed by atoms with Crippen LogP contribution < -0.4 is 0 Å². The van der Waals surface area contributed by atoms with E-state index in [1.54, 1.807) is 6.07 Å². The van der Waals surface area contributed by atoms with Gasteiger partial charge in [-0.05, 0) is 73.1 Å². The van der Waals surface area contributed by atoms with Crippen LogP contribution in [0.2, 0.25) is 0 Å². The molecule has 0 radical (unpaired) electrons. The predicted octanol–water partition coefficient (Wildman–Crippen LogP) is 6.18. The summed E-state index contributed by atoms with van der Waals surface area (Å²) in [5.41, 5.74) is 1.71. The van der Waals surface area contributed by atoms with Crippen LogP contribution in [0.1, 0.15) is 75.3 Å². The number of alkyl halides is 2. The SMILES string of the molecule is C[C@]12CC(F)[C@@H]3c4ccc(O)cc4C[C@@H](CCCCCCCl)[C@H]3[C@@H]1CCC2=O. The van der Waals surface area contributed by atoms with Gasteiger partial charge in [0.2, 0.25) is 0 Å². The number of ketones is 1. The fraction of sp³-hybridized carbons (Fsp3) is 0.708. The first-order valence-electron chi connectivity index (χ1n) is 11.0. The lowest BCUT2D eigenvalue weighted by Crippen LogP contribution is -2.50. The zero-order valence-electron chi connectivity index (χ0n) is 16.8. The van der Waals surface area contributed by atoms with Crippen LogP contribution in [-0.2, 0) is 11.2 Å². The number of benzene rings is 1. The number of Topliss-reactive ketones (excluding diaryl/α,β-unsaturated/α-hetero) is 1. The fourth-order valence-corrected chi connectivity index (χ4v) is 6.88. The van der Waals surface area contributed by atoms with E-state index in [1.807, 2.05) is 19.1 Å². The molecule has 1 aromatic carbocycles. The smallest absolute Gasteiger partial charge is 0.139 e. The van der Waals surface area contributed by atoms with Gasteiger partial charge in [-0.25, -0.2) is 4.39 Å². The van der Waals surface area contributed by atoms with E-state index in [0.717, 1.165) is 56.1 Å². The predicted molar refractivity (Wildman–Crippen MR) is 111 cm³/mol. The molecule has 0 amide bonds. The molecule has 1 unspecified atom stereocenters. The quantitative estimate of drug-likeness (QED) is 0.452. The lowest BCUT2D eigenvalue weighted by Gasteiger charge is -2.53. The molecule has 0 bridgehead atoms. The monoisotopic (exact) mass is 406 g/mol. The van der Waals surface area contributed by atoms with Crippen LogP contribution in [0, 0.1) is 23.2 Å². The van der Waals surface area contributed by atoms with Crippen LogP contribution in [0.3, 0.4) is 0 Å². The van der Waals surface area contributed by atoms with Gasteiger partial charge < -0.3 is 5.11 Å². The molecule has 2 nitrogen and oxygen atoms in total. The van der Waals surface area contributed by atoms with E-state index in [4.69, 9.17) is 11.6 Å². The first-order valence-corrected chi connectivity index (χ1v) is 11.5. The molecule has 0 aromatic heterocycles. The van der Waals surface area contributed by atoms with Crippen molar-refractivity contribution in [3.05, 3.63) is 29.3 Å². The van der Waals surface area contributed by atoms with Crippen molar-refractivity contribution in [1.82, 2.24) is 0 Å². The highest BCUT2D eigenvalue weighted by Gasteiger charge is 2.60. The van der Waals surface area contributed by atoms with E-state index in [9.17, 15) is 9.90 Å². The summed E-state index contributed by atoms with van der Waals surface area (Å²) in [5, 5.41) is 9.98. The first kappa shape index (κ1) is 20.2. The maximum atomic E-state index is 15.6. The van der Waals surface area contributed by atoms with Gasteiger partial charge in [0.15, 0.2) is 0 Å². The van der Waals surface area contributed by atoms with E-state index < -0.39 is 11.6 Å². The van der Waals surface area contributed by atoms with Crippen LogP contribution in [0.5, 0.6) is 5.75 Å². The zero-order valence-corrected chi connectivity index (χ0v) is 17.6. The molecule has 2 fully saturated rings. The highest BCUT2D eigenvalue weighted by atomic mass is 35.5. The number of carbonyl (C=O) groups is 1. The number of rotatable bonds is 6. The van der Waals surface area contributed by atoms with Gasteiger partial charge in [0, 0.05) is 23.6 Å². The fourth-order valence-electron chi connectivity index (χ4n) is 6.69. The first-order chi connectivity index (χ1) is 13.5. The number of carbonyl (C=O) groups excluding carboxylic acids is 1. The van der Waals surface area contributed by atoms with Gasteiger partial charge in [-0.3, -0.25) is 4.79 Å². The third kappa shape index (κ3) is 3.38. The Balaban J connectivity index is 1.64. The van der Waals surface area contributed by atoms with Crippen molar-refractivity contribution >= 4 is 17.4 Å². The van der Waals surface area contributed by atoms with Gasteiger partial charge in [-0.15, -0.1) is 11.6 Å². The molecule has 3 aliphatic rings. The number of hydrogen-bond acceptors (Lipinski definition) is 2. The molecule has 0 spiro atoms. The van der Waals surface area contributed by atoms with Crippen molar-refractivity contribution in [2.24, 2.45) is 23.2 Å². The second-order valence-corrected chi connectivity index (χ2v) is 9.93. The van der Waals surface area contributed by atoms with Crippen molar-refractivity contribution in [1.29, 1.82) is 0 Å². The van der Waals surface area contributed by atoms with Crippen molar-refractivity contribution in [2.75, 3.05) is 5.88 Å². The number of halogens is 2. The summed E-state index contributed by atoms with van der Waals surface area (Å²) < 4.78 is 15.6. The number of unbranched alkanes of at least 4 members (excludes halogenated alkanes) is 3. The van der Waals surface area contributed by atoms with Crippen LogP contribution in [-0.4, -0.2) is 22.9 Å². The Labute approximate surface area is 172 Å². The van der Waals surface area contributed by atoms with E-state index >= 15 is 4.39 Å². The van der Waals surface area contributed by atoms with Crippen LogP contribution >= 0.6 is 11.6 Å². The minimum Gasteiger partial charge on any atom is -0.508 e. The third-order valence-corrected chi connectivity index (χ3v) is 8.26. The highest BCUT2D eigenvalue weighted by Crippen LogP contribution is 2.62. The average molecular weight is 407 g/mol. The molecule has 3 aliphatic carbocycles. The molecule has 28 heavy (non-hydrogen) atoms. The molecule has 0 saturated heterocycles. The second-order valence-electron chi connectivity index (χ2n) is 9.55. The molecular formula is C24H32ClFO2. The maximum Gasteiger partial charge on any atom is 0.139 e. The third-order valence-electron chi connectivity index (χ3n) is 8.00. The summed E-state index contributed by atoms with van der Waals surface area (Å²) in [5.74, 6) is 2.07. The summed E-state index contributed by atoms with van der Waals surface area (Å²) in [4.78, 5) is 12.7. The van der Waals surface area contributed by atoms with Crippen molar-refractivity contribution < 1.29 is 14.3 Å². The van der Waals surface area contributed by atoms with E-state index in [2.05, 4.69) is 0 Å². The molecule has 1 N–H and O–H groups in total. The zero-order chi connectivity index (χ0) is 19.9. The van der Waals surface area contributed by atoms with Crippen LogP contribution in [0.15, 0.2) is 18.2 Å². The van der Waals surface area contributed by atoms with Gasteiger partial charge in [0.05, 0.1) is 0 Å². The summed E-state index contributed by atoms with van der Waals surface area (Å²) in [6.45, 7) is 2.03. The number of phenolic OH excluding ortho intramolecular Hbond substituents is 1. The minimum absolute atomic E-state index is 0.124. The Kier molecular flexibility index (Phi) is 5.75. The highest BCUT2D eigenvalue weighted by molar-refractivity contribution is 6.17. The summed E-state index contributed by atoms with van der Waals surface area (Å²) >= 11 is 5.80. The van der Waals surface area contributed by atoms with E-state index in [-0.39, 0.29) is 23.4 Å².